The molecule has 0 bridgehead atoms. The van der Waals surface area contributed by atoms with Crippen LogP contribution in [-0.2, 0) is 17.6 Å². The minimum atomic E-state index is 0.0404. The van der Waals surface area contributed by atoms with Crippen LogP contribution in [0.3, 0.4) is 0 Å². The molecular formula is C17H16N2O. The average molecular weight is 264 g/mol. The Hall–Kier alpha value is -2.42. The van der Waals surface area contributed by atoms with E-state index in [9.17, 15) is 4.79 Å². The van der Waals surface area contributed by atoms with Gasteiger partial charge in [0, 0.05) is 12.1 Å². The molecule has 0 radical (unpaired) electrons. The third kappa shape index (κ3) is 2.48. The predicted molar refractivity (Wildman–Crippen MR) is 80.9 cm³/mol. The Balaban J connectivity index is 1.83. The SMILES string of the molecule is C/C(Cc1ccccc1)=N/N1C(=O)Cc2ccccc21. The standard InChI is InChI=1S/C17H16N2O/c1-13(11-14-7-3-2-4-8-14)18-19-16-10-6-5-9-15(16)12-17(19)20/h2-10H,11-12H2,1H3/b18-13-. The molecular weight excluding hydrogens is 248 g/mol. The van der Waals surface area contributed by atoms with Gasteiger partial charge < -0.3 is 0 Å². The van der Waals surface area contributed by atoms with Gasteiger partial charge in [-0.05, 0) is 24.1 Å². The van der Waals surface area contributed by atoms with Gasteiger partial charge in [0.25, 0.3) is 5.91 Å². The van der Waals surface area contributed by atoms with Gasteiger partial charge in [0.2, 0.25) is 0 Å². The van der Waals surface area contributed by atoms with Crippen molar-refractivity contribution in [2.24, 2.45) is 5.10 Å². The van der Waals surface area contributed by atoms with Crippen molar-refractivity contribution in [2.75, 3.05) is 5.01 Å². The first-order valence-corrected chi connectivity index (χ1v) is 6.73. The molecule has 100 valence electrons. The monoisotopic (exact) mass is 264 g/mol. The van der Waals surface area contributed by atoms with E-state index in [1.165, 1.54) is 10.6 Å². The van der Waals surface area contributed by atoms with E-state index < -0.39 is 0 Å². The molecule has 1 aliphatic heterocycles. The van der Waals surface area contributed by atoms with Gasteiger partial charge in [-0.3, -0.25) is 4.79 Å². The summed E-state index contributed by atoms with van der Waals surface area (Å²) in [6, 6.07) is 18.0. The first-order chi connectivity index (χ1) is 9.74. The van der Waals surface area contributed by atoms with E-state index in [0.717, 1.165) is 23.4 Å². The van der Waals surface area contributed by atoms with Gasteiger partial charge in [-0.25, -0.2) is 5.01 Å². The topological polar surface area (TPSA) is 32.7 Å². The number of carbonyl (C=O) groups is 1. The number of fused-ring (bicyclic) bond motifs is 1. The second-order valence-corrected chi connectivity index (χ2v) is 5.01. The van der Waals surface area contributed by atoms with Crippen molar-refractivity contribution in [2.45, 2.75) is 19.8 Å². The number of hydrogen-bond acceptors (Lipinski definition) is 2. The number of hydrazone groups is 1. The number of benzene rings is 2. The second kappa shape index (κ2) is 5.29. The summed E-state index contributed by atoms with van der Waals surface area (Å²) >= 11 is 0. The van der Waals surface area contributed by atoms with Crippen LogP contribution in [-0.4, -0.2) is 11.6 Å². The minimum absolute atomic E-state index is 0.0404. The lowest BCUT2D eigenvalue weighted by molar-refractivity contribution is -0.117. The molecule has 0 aromatic heterocycles. The van der Waals surface area contributed by atoms with Gasteiger partial charge in [-0.2, -0.15) is 5.10 Å². The Kier molecular flexibility index (Phi) is 3.33. The van der Waals surface area contributed by atoms with E-state index in [4.69, 9.17) is 0 Å². The van der Waals surface area contributed by atoms with Crippen molar-refractivity contribution in [1.82, 2.24) is 0 Å². The van der Waals surface area contributed by atoms with E-state index >= 15 is 0 Å². The fraction of sp³-hybridized carbons (Fsp3) is 0.176. The molecule has 0 saturated carbocycles. The van der Waals surface area contributed by atoms with Gasteiger partial charge in [0.15, 0.2) is 0 Å². The van der Waals surface area contributed by atoms with Crippen LogP contribution in [0.1, 0.15) is 18.1 Å². The first-order valence-electron chi connectivity index (χ1n) is 6.73. The van der Waals surface area contributed by atoms with Crippen LogP contribution >= 0.6 is 0 Å². The molecule has 0 N–H and O–H groups in total. The Labute approximate surface area is 118 Å². The molecule has 0 aliphatic carbocycles. The maximum atomic E-state index is 12.0. The molecule has 2 aromatic carbocycles. The summed E-state index contributed by atoms with van der Waals surface area (Å²) in [6.07, 6.45) is 1.20. The van der Waals surface area contributed by atoms with Crippen LogP contribution in [0.25, 0.3) is 0 Å². The fourth-order valence-corrected chi connectivity index (χ4v) is 2.45. The molecule has 0 fully saturated rings. The molecule has 3 heteroatoms. The van der Waals surface area contributed by atoms with Crippen LogP contribution in [0, 0.1) is 0 Å². The zero-order valence-corrected chi connectivity index (χ0v) is 11.4. The van der Waals surface area contributed by atoms with Gasteiger partial charge in [-0.15, -0.1) is 0 Å². The molecule has 3 nitrogen and oxygen atoms in total. The highest BCUT2D eigenvalue weighted by Gasteiger charge is 2.26. The largest absolute Gasteiger partial charge is 0.272 e. The van der Waals surface area contributed by atoms with Crippen molar-refractivity contribution in [1.29, 1.82) is 0 Å². The number of rotatable bonds is 3. The summed E-state index contributed by atoms with van der Waals surface area (Å²) in [5.74, 6) is 0.0404. The van der Waals surface area contributed by atoms with Crippen molar-refractivity contribution >= 4 is 17.3 Å². The normalized spacial score (nSPS) is 14.6. The average Bonchev–Trinajstić information content (AvgIpc) is 2.76. The number of amides is 1. The summed E-state index contributed by atoms with van der Waals surface area (Å²) in [5.41, 5.74) is 4.09. The lowest BCUT2D eigenvalue weighted by Crippen LogP contribution is -2.22. The molecule has 0 unspecified atom stereocenters. The van der Waals surface area contributed by atoms with Crippen LogP contribution in [0.5, 0.6) is 0 Å². The Morgan fingerprint density at radius 3 is 2.60 bits per heavy atom. The quantitative estimate of drug-likeness (QED) is 0.784. The maximum Gasteiger partial charge on any atom is 0.251 e. The second-order valence-electron chi connectivity index (χ2n) is 5.01. The molecule has 2 aromatic rings. The number of carbonyl (C=O) groups excluding carboxylic acids is 1. The van der Waals surface area contributed by atoms with Crippen molar-refractivity contribution < 1.29 is 4.79 Å². The van der Waals surface area contributed by atoms with Crippen molar-refractivity contribution in [3.05, 3.63) is 65.7 Å². The fourth-order valence-electron chi connectivity index (χ4n) is 2.45. The number of anilines is 1. The van der Waals surface area contributed by atoms with E-state index in [-0.39, 0.29) is 5.91 Å². The molecule has 0 spiro atoms. The van der Waals surface area contributed by atoms with Gasteiger partial charge in [0.1, 0.15) is 0 Å². The zero-order valence-electron chi connectivity index (χ0n) is 11.4. The molecule has 1 heterocycles. The highest BCUT2D eigenvalue weighted by molar-refractivity contribution is 6.02. The van der Waals surface area contributed by atoms with E-state index in [0.29, 0.717) is 6.42 Å². The van der Waals surface area contributed by atoms with Crippen LogP contribution < -0.4 is 5.01 Å². The van der Waals surface area contributed by atoms with Crippen molar-refractivity contribution in [3.8, 4) is 0 Å². The van der Waals surface area contributed by atoms with Crippen LogP contribution in [0.15, 0.2) is 59.7 Å². The molecule has 1 amide bonds. The van der Waals surface area contributed by atoms with E-state index in [2.05, 4.69) is 17.2 Å². The first kappa shape index (κ1) is 12.6. The molecule has 1 aliphatic rings. The Morgan fingerprint density at radius 2 is 1.80 bits per heavy atom. The molecule has 3 rings (SSSR count). The van der Waals surface area contributed by atoms with Gasteiger partial charge in [0.05, 0.1) is 12.1 Å². The number of nitrogens with zero attached hydrogens (tertiary/aromatic N) is 2. The van der Waals surface area contributed by atoms with Crippen LogP contribution in [0.4, 0.5) is 5.69 Å². The molecule has 20 heavy (non-hydrogen) atoms. The summed E-state index contributed by atoms with van der Waals surface area (Å²) in [5, 5.41) is 6.03. The molecule has 0 atom stereocenters. The minimum Gasteiger partial charge on any atom is -0.272 e. The highest BCUT2D eigenvalue weighted by Crippen LogP contribution is 2.28. The Bertz CT molecular complexity index is 662. The molecule has 0 saturated heterocycles. The summed E-state index contributed by atoms with van der Waals surface area (Å²) in [6.45, 7) is 1.96. The predicted octanol–water partition coefficient (Wildman–Crippen LogP) is 3.19. The smallest absolute Gasteiger partial charge is 0.251 e. The highest BCUT2D eigenvalue weighted by atomic mass is 16.2. The van der Waals surface area contributed by atoms with E-state index in [1.807, 2.05) is 49.4 Å². The van der Waals surface area contributed by atoms with Crippen molar-refractivity contribution in [3.63, 3.8) is 0 Å². The third-order valence-corrected chi connectivity index (χ3v) is 3.37. The lowest BCUT2D eigenvalue weighted by Gasteiger charge is -2.12. The number of para-hydroxylation sites is 1. The van der Waals surface area contributed by atoms with Crippen LogP contribution in [0.2, 0.25) is 0 Å². The number of hydrogen-bond donors (Lipinski definition) is 0. The maximum absolute atomic E-state index is 12.0. The van der Waals surface area contributed by atoms with Gasteiger partial charge in [-0.1, -0.05) is 48.5 Å². The van der Waals surface area contributed by atoms with E-state index in [1.54, 1.807) is 0 Å². The van der Waals surface area contributed by atoms with Gasteiger partial charge >= 0.3 is 0 Å². The zero-order chi connectivity index (χ0) is 13.9. The summed E-state index contributed by atoms with van der Waals surface area (Å²) in [7, 11) is 0. The third-order valence-electron chi connectivity index (χ3n) is 3.37. The summed E-state index contributed by atoms with van der Waals surface area (Å²) in [4.78, 5) is 12.0. The Morgan fingerprint density at radius 1 is 1.10 bits per heavy atom. The summed E-state index contributed by atoms with van der Waals surface area (Å²) < 4.78 is 0. The lowest BCUT2D eigenvalue weighted by atomic mass is 10.1.